The highest BCUT2D eigenvalue weighted by molar-refractivity contribution is 7.91. The first-order valence-electron chi connectivity index (χ1n) is 3.58. The first-order valence-corrected chi connectivity index (χ1v) is 5.40. The molecule has 1 atom stereocenters. The smallest absolute Gasteiger partial charge is 0.152 e. The predicted molar refractivity (Wildman–Crippen MR) is 41.9 cm³/mol. The Morgan fingerprint density at radius 1 is 1.55 bits per heavy atom. The van der Waals surface area contributed by atoms with Gasteiger partial charge in [-0.3, -0.25) is 0 Å². The molecule has 1 unspecified atom stereocenters. The van der Waals surface area contributed by atoms with E-state index in [1.165, 1.54) is 0 Å². The molecule has 4 nitrogen and oxygen atoms in total. The molecule has 1 heterocycles. The van der Waals surface area contributed by atoms with Crippen molar-refractivity contribution in [1.82, 2.24) is 0 Å². The number of nitrogens with two attached hydrogens (primary N) is 1. The van der Waals surface area contributed by atoms with Crippen molar-refractivity contribution in [2.24, 2.45) is 5.73 Å². The molecule has 1 saturated heterocycles. The van der Waals surface area contributed by atoms with Gasteiger partial charge in [0, 0.05) is 0 Å². The van der Waals surface area contributed by atoms with Gasteiger partial charge in [0.25, 0.3) is 0 Å². The van der Waals surface area contributed by atoms with Gasteiger partial charge in [0.05, 0.1) is 23.7 Å². The summed E-state index contributed by atoms with van der Waals surface area (Å²) < 4.78 is 22.1. The summed E-state index contributed by atoms with van der Waals surface area (Å²) in [5.74, 6) is 0.141. The molecule has 11 heavy (non-hydrogen) atoms. The van der Waals surface area contributed by atoms with Crippen molar-refractivity contribution < 1.29 is 13.5 Å². The Kier molecular flexibility index (Phi) is 2.22. The normalized spacial score (nSPS) is 36.9. The lowest BCUT2D eigenvalue weighted by Crippen LogP contribution is -2.52. The molecule has 0 spiro atoms. The Morgan fingerprint density at radius 3 is 2.55 bits per heavy atom. The molecule has 0 aromatic carbocycles. The van der Waals surface area contributed by atoms with E-state index in [0.29, 0.717) is 12.8 Å². The quantitative estimate of drug-likeness (QED) is 0.534. The second kappa shape index (κ2) is 2.73. The van der Waals surface area contributed by atoms with Crippen LogP contribution in [-0.2, 0) is 9.84 Å². The third-order valence-corrected chi connectivity index (χ3v) is 3.88. The molecule has 0 amide bonds. The molecule has 1 aliphatic rings. The molecule has 0 bridgehead atoms. The first kappa shape index (κ1) is 8.96. The second-order valence-electron chi connectivity index (χ2n) is 3.22. The predicted octanol–water partition coefficient (Wildman–Crippen LogP) is -1.12. The highest BCUT2D eigenvalue weighted by Crippen LogP contribution is 2.19. The number of sulfone groups is 1. The average molecular weight is 179 g/mol. The highest BCUT2D eigenvalue weighted by atomic mass is 32.2. The lowest BCUT2D eigenvalue weighted by atomic mass is 9.98. The standard InChI is InChI=1S/C6H13NO3S/c7-6(4-8)2-1-3-11(9,10)5-6/h8H,1-5,7H2. The highest BCUT2D eigenvalue weighted by Gasteiger charge is 2.34. The summed E-state index contributed by atoms with van der Waals surface area (Å²) in [5.41, 5.74) is 4.73. The molecular weight excluding hydrogens is 166 g/mol. The molecule has 3 N–H and O–H groups in total. The second-order valence-corrected chi connectivity index (χ2v) is 5.40. The van der Waals surface area contributed by atoms with Crippen LogP contribution in [0.5, 0.6) is 0 Å². The Balaban J connectivity index is 2.75. The van der Waals surface area contributed by atoms with Crippen LogP contribution in [0.3, 0.4) is 0 Å². The van der Waals surface area contributed by atoms with Gasteiger partial charge in [0.2, 0.25) is 0 Å². The molecule has 1 aliphatic heterocycles. The van der Waals surface area contributed by atoms with Crippen molar-refractivity contribution in [3.05, 3.63) is 0 Å². The SMILES string of the molecule is NC1(CO)CCCS(=O)(=O)C1. The van der Waals surface area contributed by atoms with Crippen molar-refractivity contribution in [2.75, 3.05) is 18.1 Å². The van der Waals surface area contributed by atoms with Gasteiger partial charge in [-0.25, -0.2) is 8.42 Å². The Hall–Kier alpha value is -0.130. The van der Waals surface area contributed by atoms with E-state index in [1.54, 1.807) is 0 Å². The van der Waals surface area contributed by atoms with E-state index in [2.05, 4.69) is 0 Å². The van der Waals surface area contributed by atoms with Crippen molar-refractivity contribution in [3.63, 3.8) is 0 Å². The summed E-state index contributed by atoms with van der Waals surface area (Å²) in [5, 5.41) is 8.79. The number of rotatable bonds is 1. The summed E-state index contributed by atoms with van der Waals surface area (Å²) in [7, 11) is -2.99. The summed E-state index contributed by atoms with van der Waals surface area (Å²) in [6.07, 6.45) is 1.17. The van der Waals surface area contributed by atoms with Gasteiger partial charge < -0.3 is 10.8 Å². The number of aliphatic hydroxyl groups is 1. The van der Waals surface area contributed by atoms with Gasteiger partial charge in [-0.05, 0) is 12.8 Å². The first-order chi connectivity index (χ1) is 4.97. The third kappa shape index (κ3) is 2.15. The maximum Gasteiger partial charge on any atom is 0.152 e. The van der Waals surface area contributed by atoms with Gasteiger partial charge in [-0.1, -0.05) is 0 Å². The zero-order chi connectivity index (χ0) is 8.54. The van der Waals surface area contributed by atoms with Gasteiger partial charge in [-0.2, -0.15) is 0 Å². The summed E-state index contributed by atoms with van der Waals surface area (Å²) in [4.78, 5) is 0. The van der Waals surface area contributed by atoms with Crippen LogP contribution in [-0.4, -0.2) is 37.2 Å². The van der Waals surface area contributed by atoms with E-state index in [-0.39, 0.29) is 18.1 Å². The average Bonchev–Trinajstić information content (AvgIpc) is 1.85. The van der Waals surface area contributed by atoms with Gasteiger partial charge in [-0.15, -0.1) is 0 Å². The molecule has 1 fully saturated rings. The number of hydrogen-bond acceptors (Lipinski definition) is 4. The topological polar surface area (TPSA) is 80.4 Å². The minimum atomic E-state index is -2.99. The van der Waals surface area contributed by atoms with Crippen LogP contribution < -0.4 is 5.73 Å². The molecule has 0 radical (unpaired) electrons. The third-order valence-electron chi connectivity index (χ3n) is 1.95. The molecule has 66 valence electrons. The van der Waals surface area contributed by atoms with E-state index < -0.39 is 15.4 Å². The Bertz CT molecular complexity index is 236. The minimum absolute atomic E-state index is 0.0729. The monoisotopic (exact) mass is 179 g/mol. The molecule has 5 heteroatoms. The van der Waals surface area contributed by atoms with Crippen molar-refractivity contribution in [2.45, 2.75) is 18.4 Å². The maximum atomic E-state index is 11.0. The van der Waals surface area contributed by atoms with E-state index in [4.69, 9.17) is 10.8 Å². The van der Waals surface area contributed by atoms with Crippen molar-refractivity contribution in [1.29, 1.82) is 0 Å². The fourth-order valence-corrected chi connectivity index (χ4v) is 3.19. The summed E-state index contributed by atoms with van der Waals surface area (Å²) in [6, 6.07) is 0. The zero-order valence-corrected chi connectivity index (χ0v) is 7.10. The van der Waals surface area contributed by atoms with Crippen molar-refractivity contribution >= 4 is 9.84 Å². The molecule has 1 rings (SSSR count). The lowest BCUT2D eigenvalue weighted by Gasteiger charge is -2.30. The molecule has 0 aromatic rings. The molecule has 0 aliphatic carbocycles. The van der Waals surface area contributed by atoms with E-state index in [9.17, 15) is 8.42 Å². The molecule has 0 saturated carbocycles. The van der Waals surface area contributed by atoms with Gasteiger partial charge in [0.15, 0.2) is 9.84 Å². The molecule has 0 aromatic heterocycles. The van der Waals surface area contributed by atoms with Crippen LogP contribution >= 0.6 is 0 Å². The van der Waals surface area contributed by atoms with Crippen LogP contribution in [0.1, 0.15) is 12.8 Å². The fraction of sp³-hybridized carbons (Fsp3) is 1.00. The van der Waals surface area contributed by atoms with Crippen LogP contribution in [0.2, 0.25) is 0 Å². The zero-order valence-electron chi connectivity index (χ0n) is 6.28. The largest absolute Gasteiger partial charge is 0.394 e. The van der Waals surface area contributed by atoms with Crippen LogP contribution in [0.25, 0.3) is 0 Å². The van der Waals surface area contributed by atoms with E-state index >= 15 is 0 Å². The summed E-state index contributed by atoms with van der Waals surface area (Å²) >= 11 is 0. The van der Waals surface area contributed by atoms with E-state index in [0.717, 1.165) is 0 Å². The number of hydrogen-bond donors (Lipinski definition) is 2. The molecular formula is C6H13NO3S. The van der Waals surface area contributed by atoms with Gasteiger partial charge in [0.1, 0.15) is 0 Å². The Morgan fingerprint density at radius 2 is 2.18 bits per heavy atom. The van der Waals surface area contributed by atoms with E-state index in [1.807, 2.05) is 0 Å². The Labute approximate surface area is 66.3 Å². The van der Waals surface area contributed by atoms with Crippen LogP contribution in [0.4, 0.5) is 0 Å². The number of aliphatic hydroxyl groups excluding tert-OH is 1. The van der Waals surface area contributed by atoms with Crippen LogP contribution in [0.15, 0.2) is 0 Å². The van der Waals surface area contributed by atoms with Crippen LogP contribution in [0, 0.1) is 0 Å². The maximum absolute atomic E-state index is 11.0. The van der Waals surface area contributed by atoms with Crippen molar-refractivity contribution in [3.8, 4) is 0 Å². The fourth-order valence-electron chi connectivity index (χ4n) is 1.35. The summed E-state index contributed by atoms with van der Waals surface area (Å²) in [6.45, 7) is -0.244. The lowest BCUT2D eigenvalue weighted by molar-refractivity contribution is 0.198. The van der Waals surface area contributed by atoms with Gasteiger partial charge >= 0.3 is 0 Å². The minimum Gasteiger partial charge on any atom is -0.394 e.